The summed E-state index contributed by atoms with van der Waals surface area (Å²) >= 11 is 0. The molecule has 2 rings (SSSR count). The lowest BCUT2D eigenvalue weighted by Gasteiger charge is -2.19. The third-order valence-electron chi connectivity index (χ3n) is 4.35. The molecule has 1 N–H and O–H groups in total. The number of ether oxygens (including phenoxy) is 2. The van der Waals surface area contributed by atoms with Gasteiger partial charge in [-0.25, -0.2) is 8.42 Å². The van der Waals surface area contributed by atoms with Crippen molar-refractivity contribution in [1.29, 1.82) is 0 Å². The van der Waals surface area contributed by atoms with Crippen LogP contribution in [0.3, 0.4) is 0 Å². The van der Waals surface area contributed by atoms with E-state index in [1.165, 1.54) is 6.07 Å². The third kappa shape index (κ3) is 7.50. The SMILES string of the molecule is CCC(C)c1ccccc1NS(=O)(=O)c1cc(OCC(F)(F)F)ccc1OCC(F)(F)F. The number of para-hydroxylation sites is 1. The highest BCUT2D eigenvalue weighted by atomic mass is 32.2. The van der Waals surface area contributed by atoms with E-state index in [1.807, 2.05) is 13.8 Å². The second-order valence-electron chi connectivity index (χ2n) is 6.92. The molecule has 1 atom stereocenters. The van der Waals surface area contributed by atoms with Crippen LogP contribution in [0.5, 0.6) is 11.5 Å². The van der Waals surface area contributed by atoms with E-state index in [4.69, 9.17) is 0 Å². The molecule has 32 heavy (non-hydrogen) atoms. The number of hydrogen-bond donors (Lipinski definition) is 1. The van der Waals surface area contributed by atoms with Gasteiger partial charge in [-0.15, -0.1) is 0 Å². The first kappa shape index (κ1) is 25.6. The quantitative estimate of drug-likeness (QED) is 0.451. The molecule has 0 saturated heterocycles. The molecule has 0 spiro atoms. The number of halogens is 6. The van der Waals surface area contributed by atoms with Gasteiger partial charge in [-0.05, 0) is 36.1 Å². The zero-order chi connectivity index (χ0) is 24.2. The predicted molar refractivity (Wildman–Crippen MR) is 105 cm³/mol. The second-order valence-corrected chi connectivity index (χ2v) is 8.57. The van der Waals surface area contributed by atoms with E-state index >= 15 is 0 Å². The van der Waals surface area contributed by atoms with Crippen molar-refractivity contribution in [3.05, 3.63) is 48.0 Å². The number of hydrogen-bond acceptors (Lipinski definition) is 4. The van der Waals surface area contributed by atoms with Crippen molar-refractivity contribution in [2.24, 2.45) is 0 Å². The number of sulfonamides is 1. The van der Waals surface area contributed by atoms with Gasteiger partial charge in [-0.2, -0.15) is 26.3 Å². The summed E-state index contributed by atoms with van der Waals surface area (Å²) in [6.45, 7) is 0.248. The highest BCUT2D eigenvalue weighted by molar-refractivity contribution is 7.92. The van der Waals surface area contributed by atoms with E-state index in [0.29, 0.717) is 18.1 Å². The van der Waals surface area contributed by atoms with Crippen molar-refractivity contribution < 1.29 is 44.2 Å². The van der Waals surface area contributed by atoms with Gasteiger partial charge >= 0.3 is 12.4 Å². The number of alkyl halides is 6. The molecule has 0 aliphatic heterocycles. The molecule has 5 nitrogen and oxygen atoms in total. The molecule has 0 aliphatic carbocycles. The lowest BCUT2D eigenvalue weighted by molar-refractivity contribution is -0.154. The van der Waals surface area contributed by atoms with Gasteiger partial charge in [0.25, 0.3) is 10.0 Å². The second kappa shape index (κ2) is 9.88. The van der Waals surface area contributed by atoms with Crippen LogP contribution >= 0.6 is 0 Å². The molecule has 0 aromatic heterocycles. The van der Waals surface area contributed by atoms with Crippen molar-refractivity contribution in [2.45, 2.75) is 43.4 Å². The summed E-state index contributed by atoms with van der Waals surface area (Å²) < 4.78 is 113. The fourth-order valence-corrected chi connectivity index (χ4v) is 3.92. The van der Waals surface area contributed by atoms with E-state index in [1.54, 1.807) is 18.2 Å². The Hall–Kier alpha value is -2.63. The Labute approximate surface area is 181 Å². The number of anilines is 1. The minimum atomic E-state index is -4.76. The van der Waals surface area contributed by atoms with Gasteiger partial charge in [0.05, 0.1) is 5.69 Å². The summed E-state index contributed by atoms with van der Waals surface area (Å²) in [7, 11) is -4.56. The Bertz CT molecular complexity index is 1020. The maximum absolute atomic E-state index is 13.0. The monoisotopic (exact) mass is 485 g/mol. The van der Waals surface area contributed by atoms with Crippen LogP contribution in [0.1, 0.15) is 31.7 Å². The van der Waals surface area contributed by atoms with Gasteiger partial charge in [-0.3, -0.25) is 4.72 Å². The molecule has 0 amide bonds. The van der Waals surface area contributed by atoms with E-state index in [0.717, 1.165) is 12.1 Å². The summed E-state index contributed by atoms with van der Waals surface area (Å²) in [5, 5.41) is 0. The number of benzene rings is 2. The van der Waals surface area contributed by atoms with Crippen molar-refractivity contribution in [2.75, 3.05) is 17.9 Å². The van der Waals surface area contributed by atoms with Crippen molar-refractivity contribution in [3.63, 3.8) is 0 Å². The zero-order valence-corrected chi connectivity index (χ0v) is 17.9. The Morgan fingerprint density at radius 1 is 0.938 bits per heavy atom. The first-order valence-electron chi connectivity index (χ1n) is 9.36. The van der Waals surface area contributed by atoms with Crippen LogP contribution < -0.4 is 14.2 Å². The topological polar surface area (TPSA) is 64.6 Å². The molecule has 0 bridgehead atoms. The molecule has 12 heteroatoms. The normalized spacial score (nSPS) is 13.5. The van der Waals surface area contributed by atoms with Crippen molar-refractivity contribution in [3.8, 4) is 11.5 Å². The van der Waals surface area contributed by atoms with Crippen LogP contribution in [0, 0.1) is 0 Å². The number of nitrogens with one attached hydrogen (secondary N) is 1. The Kier molecular flexibility index (Phi) is 7.92. The fourth-order valence-electron chi connectivity index (χ4n) is 2.67. The average Bonchev–Trinajstić information content (AvgIpc) is 2.69. The van der Waals surface area contributed by atoms with Crippen LogP contribution in [0.2, 0.25) is 0 Å². The van der Waals surface area contributed by atoms with Crippen LogP contribution in [-0.2, 0) is 10.0 Å². The largest absolute Gasteiger partial charge is 0.484 e. The molecule has 0 radical (unpaired) electrons. The van der Waals surface area contributed by atoms with Crippen molar-refractivity contribution >= 4 is 15.7 Å². The van der Waals surface area contributed by atoms with Gasteiger partial charge in [0.15, 0.2) is 13.2 Å². The van der Waals surface area contributed by atoms with Crippen LogP contribution in [0.25, 0.3) is 0 Å². The molecule has 178 valence electrons. The molecule has 1 unspecified atom stereocenters. The maximum atomic E-state index is 13.0. The van der Waals surface area contributed by atoms with E-state index in [-0.39, 0.29) is 11.6 Å². The van der Waals surface area contributed by atoms with Crippen LogP contribution in [-0.4, -0.2) is 34.0 Å². The molecule has 0 aliphatic rings. The first-order chi connectivity index (χ1) is 14.7. The molecular weight excluding hydrogens is 464 g/mol. The minimum absolute atomic E-state index is 0.0451. The van der Waals surface area contributed by atoms with Gasteiger partial charge in [0, 0.05) is 6.07 Å². The average molecular weight is 485 g/mol. The van der Waals surface area contributed by atoms with Gasteiger partial charge in [0.2, 0.25) is 0 Å². The highest BCUT2D eigenvalue weighted by Crippen LogP contribution is 2.34. The summed E-state index contributed by atoms with van der Waals surface area (Å²) in [6, 6.07) is 8.81. The Morgan fingerprint density at radius 2 is 1.53 bits per heavy atom. The smallest absolute Gasteiger partial charge is 0.422 e. The lowest BCUT2D eigenvalue weighted by Crippen LogP contribution is -2.22. The number of rotatable bonds is 9. The third-order valence-corrected chi connectivity index (χ3v) is 5.73. The Balaban J connectivity index is 2.46. The molecule has 0 heterocycles. The minimum Gasteiger partial charge on any atom is -0.484 e. The zero-order valence-electron chi connectivity index (χ0n) is 17.0. The summed E-state index contributed by atoms with van der Waals surface area (Å²) in [5.41, 5.74) is 0.825. The summed E-state index contributed by atoms with van der Waals surface area (Å²) in [5.74, 6) is -1.23. The maximum Gasteiger partial charge on any atom is 0.422 e. The van der Waals surface area contributed by atoms with Gasteiger partial charge < -0.3 is 9.47 Å². The highest BCUT2D eigenvalue weighted by Gasteiger charge is 2.32. The van der Waals surface area contributed by atoms with Gasteiger partial charge in [0.1, 0.15) is 16.4 Å². The van der Waals surface area contributed by atoms with Crippen molar-refractivity contribution in [1.82, 2.24) is 0 Å². The lowest BCUT2D eigenvalue weighted by atomic mass is 9.97. The standard InChI is InChI=1S/C20H21F6NO4S/c1-3-13(2)15-6-4-5-7-16(15)27-32(28,29)18-10-14(30-11-19(21,22)23)8-9-17(18)31-12-20(24,25)26/h4-10,13,27H,3,11-12H2,1-2H3. The van der Waals surface area contributed by atoms with E-state index < -0.39 is 52.0 Å². The molecule has 0 saturated carbocycles. The first-order valence-corrected chi connectivity index (χ1v) is 10.8. The Morgan fingerprint density at radius 3 is 2.12 bits per heavy atom. The van der Waals surface area contributed by atoms with E-state index in [9.17, 15) is 34.8 Å². The molecule has 2 aromatic carbocycles. The van der Waals surface area contributed by atoms with Crippen LogP contribution in [0.4, 0.5) is 32.0 Å². The van der Waals surface area contributed by atoms with Crippen LogP contribution in [0.15, 0.2) is 47.4 Å². The fraction of sp³-hybridized carbons (Fsp3) is 0.400. The summed E-state index contributed by atoms with van der Waals surface area (Å²) in [4.78, 5) is -0.791. The predicted octanol–water partition coefficient (Wildman–Crippen LogP) is 5.88. The molecule has 2 aromatic rings. The van der Waals surface area contributed by atoms with Gasteiger partial charge in [-0.1, -0.05) is 32.0 Å². The van der Waals surface area contributed by atoms with E-state index in [2.05, 4.69) is 14.2 Å². The molecular formula is C20H21F6NO4S. The molecule has 0 fully saturated rings. The summed E-state index contributed by atoms with van der Waals surface area (Å²) in [6.07, 6.45) is -8.78.